The Morgan fingerprint density at radius 1 is 1.21 bits per heavy atom. The van der Waals surface area contributed by atoms with E-state index in [1.807, 2.05) is 34.9 Å². The zero-order valence-corrected chi connectivity index (χ0v) is 17.1. The molecule has 1 saturated heterocycles. The van der Waals surface area contributed by atoms with Gasteiger partial charge in [-0.05, 0) is 25.3 Å². The second kappa shape index (κ2) is 7.99. The fourth-order valence-corrected chi connectivity index (χ4v) is 4.78. The third-order valence-electron chi connectivity index (χ3n) is 6.21. The van der Waals surface area contributed by atoms with Gasteiger partial charge in [-0.25, -0.2) is 4.98 Å². The van der Waals surface area contributed by atoms with E-state index in [-0.39, 0.29) is 18.4 Å². The third kappa shape index (κ3) is 3.67. The molecule has 4 rings (SSSR count). The van der Waals surface area contributed by atoms with E-state index >= 15 is 0 Å². The first-order chi connectivity index (χ1) is 14.0. The molecule has 0 radical (unpaired) electrons. The van der Waals surface area contributed by atoms with Crippen LogP contribution in [0.25, 0.3) is 0 Å². The second-order valence-corrected chi connectivity index (χ2v) is 8.04. The van der Waals surface area contributed by atoms with Gasteiger partial charge in [0.1, 0.15) is 6.61 Å². The molecule has 0 bridgehead atoms. The summed E-state index contributed by atoms with van der Waals surface area (Å²) in [6.45, 7) is 3.99. The number of H-pyrrole nitrogens is 1. The van der Waals surface area contributed by atoms with Gasteiger partial charge in [0.25, 0.3) is 0 Å². The Hall–Kier alpha value is -2.67. The standard InChI is InChI=1S/C22H28N4O3/c1-16-4-3-5-17(12-16)13-19(27)25-10-7-22(8-11-25)21-18(23-15-24-21)6-9-26(22)20(28)14-29-2/h3-5,12,15H,6-11,13-14H2,1-2H3,(H,23,24). The van der Waals surface area contributed by atoms with Gasteiger partial charge in [-0.1, -0.05) is 29.8 Å². The van der Waals surface area contributed by atoms with E-state index in [1.165, 1.54) is 0 Å². The highest BCUT2D eigenvalue weighted by molar-refractivity contribution is 5.80. The highest BCUT2D eigenvalue weighted by Crippen LogP contribution is 2.42. The fraction of sp³-hybridized carbons (Fsp3) is 0.500. The summed E-state index contributed by atoms with van der Waals surface area (Å²) < 4.78 is 5.11. The van der Waals surface area contributed by atoms with Crippen molar-refractivity contribution in [3.8, 4) is 0 Å². The maximum atomic E-state index is 12.9. The van der Waals surface area contributed by atoms with Gasteiger partial charge in [0.05, 0.1) is 24.0 Å². The highest BCUT2D eigenvalue weighted by Gasteiger charge is 2.48. The summed E-state index contributed by atoms with van der Waals surface area (Å²) in [7, 11) is 1.54. The van der Waals surface area contributed by atoms with Gasteiger partial charge in [-0.15, -0.1) is 0 Å². The first-order valence-electron chi connectivity index (χ1n) is 10.2. The SMILES string of the molecule is COCC(=O)N1CCc2[nH]cnc2C12CCN(C(=O)Cc1cccc(C)c1)CC2. The minimum atomic E-state index is -0.455. The van der Waals surface area contributed by atoms with Crippen LogP contribution in [0.2, 0.25) is 0 Å². The van der Waals surface area contributed by atoms with Crippen molar-refractivity contribution in [2.24, 2.45) is 0 Å². The summed E-state index contributed by atoms with van der Waals surface area (Å²) >= 11 is 0. The molecule has 0 atom stereocenters. The number of hydrogen-bond donors (Lipinski definition) is 1. The van der Waals surface area contributed by atoms with E-state index in [9.17, 15) is 9.59 Å². The van der Waals surface area contributed by atoms with Crippen LogP contribution in [0.3, 0.4) is 0 Å². The molecule has 7 nitrogen and oxygen atoms in total. The lowest BCUT2D eigenvalue weighted by Crippen LogP contribution is -2.59. The number of carbonyl (C=O) groups excluding carboxylic acids is 2. The molecule has 1 aromatic carbocycles. The lowest BCUT2D eigenvalue weighted by atomic mass is 9.78. The molecule has 154 valence electrons. The molecule has 7 heteroatoms. The van der Waals surface area contributed by atoms with Gasteiger partial charge in [0.2, 0.25) is 11.8 Å². The lowest BCUT2D eigenvalue weighted by Gasteiger charge is -2.50. The fourth-order valence-electron chi connectivity index (χ4n) is 4.78. The second-order valence-electron chi connectivity index (χ2n) is 8.04. The zero-order chi connectivity index (χ0) is 20.4. The van der Waals surface area contributed by atoms with Crippen molar-refractivity contribution in [1.29, 1.82) is 0 Å². The Morgan fingerprint density at radius 2 is 2.00 bits per heavy atom. The summed E-state index contributed by atoms with van der Waals surface area (Å²) in [5.41, 5.74) is 3.81. The van der Waals surface area contributed by atoms with Crippen molar-refractivity contribution in [1.82, 2.24) is 19.8 Å². The number of methoxy groups -OCH3 is 1. The lowest BCUT2D eigenvalue weighted by molar-refractivity contribution is -0.147. The summed E-state index contributed by atoms with van der Waals surface area (Å²) in [6.07, 6.45) is 4.28. The summed E-state index contributed by atoms with van der Waals surface area (Å²) in [4.78, 5) is 37.3. The molecular formula is C22H28N4O3. The molecule has 0 saturated carbocycles. The summed E-state index contributed by atoms with van der Waals surface area (Å²) in [5.74, 6) is 0.124. The van der Waals surface area contributed by atoms with Crippen LogP contribution >= 0.6 is 0 Å². The molecule has 29 heavy (non-hydrogen) atoms. The smallest absolute Gasteiger partial charge is 0.249 e. The van der Waals surface area contributed by atoms with Crippen molar-refractivity contribution in [3.05, 3.63) is 53.1 Å². The number of likely N-dealkylation sites (tertiary alicyclic amines) is 1. The number of amides is 2. The van der Waals surface area contributed by atoms with Crippen molar-refractivity contribution in [2.45, 2.75) is 38.1 Å². The molecule has 2 aromatic rings. The van der Waals surface area contributed by atoms with Crippen LogP contribution in [0.1, 0.15) is 35.4 Å². The average molecular weight is 396 g/mol. The number of carbonyl (C=O) groups is 2. The predicted molar refractivity (Wildman–Crippen MR) is 108 cm³/mol. The Kier molecular flexibility index (Phi) is 5.41. The number of fused-ring (bicyclic) bond motifs is 2. The maximum Gasteiger partial charge on any atom is 0.249 e. The van der Waals surface area contributed by atoms with Gasteiger partial charge in [-0.2, -0.15) is 0 Å². The minimum absolute atomic E-state index is 0.0133. The number of nitrogens with one attached hydrogen (secondary N) is 1. The largest absolute Gasteiger partial charge is 0.375 e. The van der Waals surface area contributed by atoms with Crippen LogP contribution in [0, 0.1) is 6.92 Å². The van der Waals surface area contributed by atoms with Crippen molar-refractivity contribution in [2.75, 3.05) is 33.4 Å². The number of hydrogen-bond acceptors (Lipinski definition) is 4. The number of aromatic amines is 1. The summed E-state index contributed by atoms with van der Waals surface area (Å²) in [6, 6.07) is 8.09. The highest BCUT2D eigenvalue weighted by atomic mass is 16.5. The number of piperidine rings is 1. The van der Waals surface area contributed by atoms with E-state index in [0.717, 1.165) is 28.9 Å². The number of aromatic nitrogens is 2. The minimum Gasteiger partial charge on any atom is -0.375 e. The van der Waals surface area contributed by atoms with Crippen LogP contribution in [0.15, 0.2) is 30.6 Å². The number of ether oxygens (including phenoxy) is 1. The molecule has 2 aliphatic rings. The first kappa shape index (κ1) is 19.6. The van der Waals surface area contributed by atoms with E-state index in [2.05, 4.69) is 16.0 Å². The first-order valence-corrected chi connectivity index (χ1v) is 10.2. The molecule has 1 spiro atoms. The predicted octanol–water partition coefficient (Wildman–Crippen LogP) is 1.81. The third-order valence-corrected chi connectivity index (χ3v) is 6.21. The molecule has 2 aliphatic heterocycles. The average Bonchev–Trinajstić information content (AvgIpc) is 3.19. The Bertz CT molecular complexity index is 899. The molecule has 1 N–H and O–H groups in total. The van der Waals surface area contributed by atoms with Gasteiger partial charge in [-0.3, -0.25) is 9.59 Å². The number of benzene rings is 1. The number of nitrogens with zero attached hydrogens (tertiary/aromatic N) is 3. The molecule has 0 aliphatic carbocycles. The monoisotopic (exact) mass is 396 g/mol. The normalized spacial score (nSPS) is 18.0. The van der Waals surface area contributed by atoms with Gasteiger partial charge >= 0.3 is 0 Å². The van der Waals surface area contributed by atoms with Crippen LogP contribution in [-0.2, 0) is 32.7 Å². The van der Waals surface area contributed by atoms with E-state index < -0.39 is 5.54 Å². The van der Waals surface area contributed by atoms with E-state index in [4.69, 9.17) is 4.74 Å². The van der Waals surface area contributed by atoms with Crippen molar-refractivity contribution in [3.63, 3.8) is 0 Å². The number of aryl methyl sites for hydroxylation is 1. The Balaban J connectivity index is 1.51. The maximum absolute atomic E-state index is 12.9. The number of imidazole rings is 1. The molecule has 0 unspecified atom stereocenters. The van der Waals surface area contributed by atoms with Crippen LogP contribution < -0.4 is 0 Å². The molecule has 1 aromatic heterocycles. The van der Waals surface area contributed by atoms with Crippen LogP contribution in [-0.4, -0.2) is 64.9 Å². The van der Waals surface area contributed by atoms with E-state index in [0.29, 0.717) is 38.9 Å². The Morgan fingerprint density at radius 3 is 2.72 bits per heavy atom. The van der Waals surface area contributed by atoms with Gasteiger partial charge < -0.3 is 19.5 Å². The molecule has 2 amide bonds. The van der Waals surface area contributed by atoms with Crippen LogP contribution in [0.4, 0.5) is 0 Å². The zero-order valence-electron chi connectivity index (χ0n) is 17.1. The van der Waals surface area contributed by atoms with E-state index in [1.54, 1.807) is 13.4 Å². The number of rotatable bonds is 4. The molecule has 3 heterocycles. The topological polar surface area (TPSA) is 78.5 Å². The van der Waals surface area contributed by atoms with Crippen molar-refractivity contribution >= 4 is 11.8 Å². The van der Waals surface area contributed by atoms with Gasteiger partial charge in [0.15, 0.2) is 0 Å². The molecule has 1 fully saturated rings. The van der Waals surface area contributed by atoms with Crippen molar-refractivity contribution < 1.29 is 14.3 Å². The van der Waals surface area contributed by atoms with Gasteiger partial charge in [0, 0.05) is 38.9 Å². The summed E-state index contributed by atoms with van der Waals surface area (Å²) in [5, 5.41) is 0. The Labute approximate surface area is 171 Å². The quantitative estimate of drug-likeness (QED) is 0.855. The molecular weight excluding hydrogens is 368 g/mol. The van der Waals surface area contributed by atoms with Crippen LogP contribution in [0.5, 0.6) is 0 Å².